The molecule has 1 amide bonds. The summed E-state index contributed by atoms with van der Waals surface area (Å²) in [6.45, 7) is 2.75. The van der Waals surface area contributed by atoms with Crippen LogP contribution in [0.2, 0.25) is 5.02 Å². The number of rotatable bonds is 7. The van der Waals surface area contributed by atoms with E-state index in [-0.39, 0.29) is 18.4 Å². The van der Waals surface area contributed by atoms with Crippen molar-refractivity contribution < 1.29 is 14.3 Å². The fraction of sp³-hybridized carbons (Fsp3) is 0.174. The molecule has 1 aromatic heterocycles. The topological polar surface area (TPSA) is 84.8 Å². The lowest BCUT2D eigenvalue weighted by atomic mass is 10.2. The van der Waals surface area contributed by atoms with E-state index in [0.29, 0.717) is 34.4 Å². The van der Waals surface area contributed by atoms with Gasteiger partial charge >= 0.3 is 0 Å². The number of ether oxygens (including phenoxy) is 2. The Morgan fingerprint density at radius 2 is 1.94 bits per heavy atom. The maximum absolute atomic E-state index is 12.8. The standard InChI is InChI=1S/C23H23ClN4O3/c1-3-31-19-10-7-16(8-11-19)22(29)28-23(26-15-18-6-4-5-13-25-18)27-17-9-12-21(30-2)20(24)14-17/h4-14H,3,15H2,1-2H3,(H2,26,27,28,29). The number of halogens is 1. The second kappa shape index (κ2) is 11.0. The zero-order valence-corrected chi connectivity index (χ0v) is 18.0. The summed E-state index contributed by atoms with van der Waals surface area (Å²) in [6, 6.07) is 17.7. The summed E-state index contributed by atoms with van der Waals surface area (Å²) in [4.78, 5) is 21.5. The lowest BCUT2D eigenvalue weighted by Gasteiger charge is -2.13. The molecule has 0 atom stereocenters. The van der Waals surface area contributed by atoms with Crippen LogP contribution < -0.4 is 20.1 Å². The van der Waals surface area contributed by atoms with Gasteiger partial charge in [-0.05, 0) is 61.5 Å². The van der Waals surface area contributed by atoms with Crippen molar-refractivity contribution in [3.8, 4) is 11.5 Å². The van der Waals surface area contributed by atoms with Crippen molar-refractivity contribution in [2.24, 2.45) is 4.99 Å². The van der Waals surface area contributed by atoms with Crippen LogP contribution in [0.4, 0.5) is 5.69 Å². The van der Waals surface area contributed by atoms with Gasteiger partial charge in [-0.2, -0.15) is 0 Å². The van der Waals surface area contributed by atoms with Crippen molar-refractivity contribution in [2.75, 3.05) is 19.0 Å². The summed E-state index contributed by atoms with van der Waals surface area (Å²) >= 11 is 6.21. The SMILES string of the molecule is CCOc1ccc(C(=O)NC(=NCc2ccccn2)Nc2ccc(OC)c(Cl)c2)cc1. The predicted octanol–water partition coefficient (Wildman–Crippen LogP) is 4.54. The number of guanidine groups is 1. The van der Waals surface area contributed by atoms with Crippen molar-refractivity contribution in [3.05, 3.63) is 83.1 Å². The largest absolute Gasteiger partial charge is 0.495 e. The number of pyridine rings is 1. The van der Waals surface area contributed by atoms with Crippen molar-refractivity contribution in [1.82, 2.24) is 10.3 Å². The van der Waals surface area contributed by atoms with Crippen LogP contribution in [0.1, 0.15) is 23.0 Å². The first kappa shape index (κ1) is 22.1. The number of carbonyl (C=O) groups excluding carboxylic acids is 1. The first-order valence-corrected chi connectivity index (χ1v) is 10.1. The second-order valence-electron chi connectivity index (χ2n) is 6.37. The molecule has 0 bridgehead atoms. The molecule has 2 N–H and O–H groups in total. The molecule has 1 heterocycles. The van der Waals surface area contributed by atoms with E-state index >= 15 is 0 Å². The van der Waals surface area contributed by atoms with Crippen LogP contribution in [0.3, 0.4) is 0 Å². The van der Waals surface area contributed by atoms with Gasteiger partial charge < -0.3 is 14.8 Å². The third kappa shape index (κ3) is 6.45. The number of benzene rings is 2. The minimum Gasteiger partial charge on any atom is -0.495 e. The molecule has 7 nitrogen and oxygen atoms in total. The van der Waals surface area contributed by atoms with Gasteiger partial charge in [-0.15, -0.1) is 0 Å². The average molecular weight is 439 g/mol. The number of hydrogen-bond acceptors (Lipinski definition) is 5. The Balaban J connectivity index is 1.79. The monoisotopic (exact) mass is 438 g/mol. The number of nitrogens with zero attached hydrogens (tertiary/aromatic N) is 2. The molecule has 0 spiro atoms. The van der Waals surface area contributed by atoms with E-state index in [9.17, 15) is 4.79 Å². The van der Waals surface area contributed by atoms with Crippen LogP contribution >= 0.6 is 11.6 Å². The molecule has 0 aliphatic heterocycles. The molecule has 0 aliphatic rings. The quantitative estimate of drug-likeness (QED) is 0.418. The van der Waals surface area contributed by atoms with Gasteiger partial charge in [0.1, 0.15) is 11.5 Å². The van der Waals surface area contributed by atoms with E-state index < -0.39 is 0 Å². The molecule has 8 heteroatoms. The van der Waals surface area contributed by atoms with E-state index in [4.69, 9.17) is 21.1 Å². The molecule has 3 rings (SSSR count). The van der Waals surface area contributed by atoms with E-state index in [0.717, 1.165) is 5.69 Å². The summed E-state index contributed by atoms with van der Waals surface area (Å²) in [6.07, 6.45) is 1.69. The van der Waals surface area contributed by atoms with Gasteiger partial charge in [0.25, 0.3) is 5.91 Å². The minimum atomic E-state index is -0.310. The number of aromatic nitrogens is 1. The number of amides is 1. The van der Waals surface area contributed by atoms with Crippen molar-refractivity contribution >= 4 is 29.2 Å². The molecule has 0 unspecified atom stereocenters. The molecule has 0 radical (unpaired) electrons. The fourth-order valence-corrected chi connectivity index (χ4v) is 2.95. The van der Waals surface area contributed by atoms with E-state index in [2.05, 4.69) is 20.6 Å². The minimum absolute atomic E-state index is 0.269. The molecular formula is C23H23ClN4O3. The van der Waals surface area contributed by atoms with Crippen LogP contribution in [0.25, 0.3) is 0 Å². The Bertz CT molecular complexity index is 1040. The second-order valence-corrected chi connectivity index (χ2v) is 6.78. The normalized spacial score (nSPS) is 11.0. The third-order valence-corrected chi connectivity index (χ3v) is 4.49. The van der Waals surface area contributed by atoms with Crippen LogP contribution in [0.5, 0.6) is 11.5 Å². The summed E-state index contributed by atoms with van der Waals surface area (Å²) in [7, 11) is 1.55. The van der Waals surface area contributed by atoms with Crippen LogP contribution in [-0.4, -0.2) is 30.6 Å². The maximum atomic E-state index is 12.8. The van der Waals surface area contributed by atoms with Crippen molar-refractivity contribution in [1.29, 1.82) is 0 Å². The van der Waals surface area contributed by atoms with Gasteiger partial charge in [-0.1, -0.05) is 17.7 Å². The van der Waals surface area contributed by atoms with Gasteiger partial charge in [-0.25, -0.2) is 4.99 Å². The Morgan fingerprint density at radius 3 is 2.58 bits per heavy atom. The summed E-state index contributed by atoms with van der Waals surface area (Å²) in [5.74, 6) is 1.22. The van der Waals surface area contributed by atoms with Crippen molar-refractivity contribution in [2.45, 2.75) is 13.5 Å². The molecule has 0 saturated heterocycles. The number of hydrogen-bond donors (Lipinski definition) is 2. The maximum Gasteiger partial charge on any atom is 0.257 e. The highest BCUT2D eigenvalue weighted by molar-refractivity contribution is 6.32. The van der Waals surface area contributed by atoms with Gasteiger partial charge in [0.2, 0.25) is 5.96 Å². The van der Waals surface area contributed by atoms with Gasteiger partial charge in [-0.3, -0.25) is 15.1 Å². The molecule has 0 saturated carbocycles. The third-order valence-electron chi connectivity index (χ3n) is 4.20. The highest BCUT2D eigenvalue weighted by Crippen LogP contribution is 2.27. The molecule has 2 aromatic carbocycles. The van der Waals surface area contributed by atoms with E-state index in [1.165, 1.54) is 0 Å². The first-order chi connectivity index (χ1) is 15.1. The van der Waals surface area contributed by atoms with E-state index in [1.807, 2.05) is 25.1 Å². The first-order valence-electron chi connectivity index (χ1n) is 9.68. The molecule has 0 aliphatic carbocycles. The average Bonchev–Trinajstić information content (AvgIpc) is 2.79. The number of anilines is 1. The van der Waals surface area contributed by atoms with Crippen LogP contribution in [0, 0.1) is 0 Å². The zero-order valence-electron chi connectivity index (χ0n) is 17.3. The number of nitrogens with one attached hydrogen (secondary N) is 2. The Labute approximate surface area is 186 Å². The summed E-state index contributed by atoms with van der Waals surface area (Å²) in [5.41, 5.74) is 1.89. The highest BCUT2D eigenvalue weighted by Gasteiger charge is 2.11. The summed E-state index contributed by atoms with van der Waals surface area (Å²) < 4.78 is 10.6. The molecule has 31 heavy (non-hydrogen) atoms. The Kier molecular flexibility index (Phi) is 7.84. The lowest BCUT2D eigenvalue weighted by molar-refractivity contribution is 0.0977. The zero-order chi connectivity index (χ0) is 22.1. The van der Waals surface area contributed by atoms with Gasteiger partial charge in [0, 0.05) is 17.4 Å². The number of methoxy groups -OCH3 is 1. The van der Waals surface area contributed by atoms with Gasteiger partial charge in [0.05, 0.1) is 31.0 Å². The summed E-state index contributed by atoms with van der Waals surface area (Å²) in [5, 5.41) is 6.35. The smallest absolute Gasteiger partial charge is 0.257 e. The van der Waals surface area contributed by atoms with Crippen LogP contribution in [0.15, 0.2) is 71.9 Å². The number of carbonyl (C=O) groups is 1. The van der Waals surface area contributed by atoms with E-state index in [1.54, 1.807) is 55.8 Å². The molecule has 160 valence electrons. The Morgan fingerprint density at radius 1 is 1.13 bits per heavy atom. The molecular weight excluding hydrogens is 416 g/mol. The highest BCUT2D eigenvalue weighted by atomic mass is 35.5. The molecule has 3 aromatic rings. The number of aliphatic imine (C=N–C) groups is 1. The Hall–Kier alpha value is -3.58. The molecule has 0 fully saturated rings. The van der Waals surface area contributed by atoms with Crippen LogP contribution in [-0.2, 0) is 6.54 Å². The van der Waals surface area contributed by atoms with Crippen molar-refractivity contribution in [3.63, 3.8) is 0 Å². The fourth-order valence-electron chi connectivity index (χ4n) is 2.69. The lowest BCUT2D eigenvalue weighted by Crippen LogP contribution is -2.36. The predicted molar refractivity (Wildman–Crippen MR) is 122 cm³/mol. The van der Waals surface area contributed by atoms with Gasteiger partial charge in [0.15, 0.2) is 0 Å².